The number of aryl methyl sites for hydroxylation is 2. The van der Waals surface area contributed by atoms with Crippen molar-refractivity contribution in [2.45, 2.75) is 24.7 Å². The summed E-state index contributed by atoms with van der Waals surface area (Å²) in [5, 5.41) is 9.84. The van der Waals surface area contributed by atoms with E-state index in [4.69, 9.17) is 10.8 Å². The summed E-state index contributed by atoms with van der Waals surface area (Å²) in [4.78, 5) is 26.0. The fourth-order valence-corrected chi connectivity index (χ4v) is 5.19. The molecule has 0 unspecified atom stereocenters. The van der Waals surface area contributed by atoms with Crippen molar-refractivity contribution in [2.24, 2.45) is 5.73 Å². The third kappa shape index (κ3) is 4.90. The second kappa shape index (κ2) is 9.80. The molecule has 2 aromatic carbocycles. The summed E-state index contributed by atoms with van der Waals surface area (Å²) in [6.07, 6.45) is 5.44. The number of carboxylic acids is 1. The van der Waals surface area contributed by atoms with E-state index in [2.05, 4.69) is 4.98 Å². The number of pyridine rings is 1. The summed E-state index contributed by atoms with van der Waals surface area (Å²) in [5.41, 5.74) is 6.83. The van der Waals surface area contributed by atoms with Crippen molar-refractivity contribution in [3.8, 4) is 0 Å². The number of sulfonamides is 1. The smallest absolute Gasteiger partial charge is 0.335 e. The molecule has 1 aromatic heterocycles. The number of aromatic nitrogens is 1. The van der Waals surface area contributed by atoms with Crippen LogP contribution in [-0.2, 0) is 16.4 Å². The van der Waals surface area contributed by atoms with E-state index < -0.39 is 16.0 Å². The van der Waals surface area contributed by atoms with Gasteiger partial charge in [0.15, 0.2) is 0 Å². The van der Waals surface area contributed by atoms with Crippen LogP contribution in [0.25, 0.3) is 10.8 Å². The number of hydrogen-bond acceptors (Lipinski definition) is 5. The number of carboxylic acid groups (broad SMARTS) is 1. The van der Waals surface area contributed by atoms with Gasteiger partial charge in [-0.2, -0.15) is 0 Å². The number of nitrogens with two attached hydrogens (primary N) is 1. The van der Waals surface area contributed by atoms with Gasteiger partial charge in [0.1, 0.15) is 0 Å². The molecule has 0 fully saturated rings. The van der Waals surface area contributed by atoms with E-state index in [-0.39, 0.29) is 29.1 Å². The van der Waals surface area contributed by atoms with E-state index in [1.807, 2.05) is 0 Å². The van der Waals surface area contributed by atoms with Crippen LogP contribution in [0.3, 0.4) is 0 Å². The highest BCUT2D eigenvalue weighted by Crippen LogP contribution is 2.27. The Morgan fingerprint density at radius 1 is 1.22 bits per heavy atom. The van der Waals surface area contributed by atoms with Gasteiger partial charge >= 0.3 is 5.97 Å². The molecule has 0 aliphatic rings. The standard InChI is InChI=1S/C23H25N3O5S/c1-16-15-25-22(27)19-9-3-10-20(21(16)19)32(30,31)26(13-5-11-24)12-4-7-17-6-2-8-18(14-17)23(28)29/h2-3,5-6,8-10,13-15H,4,7,11-12,24H2,1H3,(H,25,27)(H,28,29). The van der Waals surface area contributed by atoms with Gasteiger partial charge in [0.2, 0.25) is 0 Å². The average molecular weight is 456 g/mol. The summed E-state index contributed by atoms with van der Waals surface area (Å²) < 4.78 is 28.3. The number of H-pyrrole nitrogens is 1. The summed E-state index contributed by atoms with van der Waals surface area (Å²) in [6.45, 7) is 2.07. The molecule has 168 valence electrons. The molecule has 3 aromatic rings. The van der Waals surface area contributed by atoms with E-state index in [1.54, 1.807) is 43.3 Å². The molecule has 0 aliphatic carbocycles. The average Bonchev–Trinajstić information content (AvgIpc) is 2.78. The first-order valence-electron chi connectivity index (χ1n) is 10.1. The molecular formula is C23H25N3O5S. The largest absolute Gasteiger partial charge is 0.478 e. The van der Waals surface area contributed by atoms with Gasteiger partial charge in [0, 0.05) is 36.3 Å². The number of benzene rings is 2. The van der Waals surface area contributed by atoms with Crippen molar-refractivity contribution >= 4 is 26.8 Å². The maximum absolute atomic E-state index is 13.5. The molecule has 0 radical (unpaired) electrons. The number of hydrogen-bond donors (Lipinski definition) is 3. The lowest BCUT2D eigenvalue weighted by Crippen LogP contribution is -2.28. The SMILES string of the molecule is Cc1c[nH]c(=O)c2cccc(S(=O)(=O)N(C=CCN)CCCc3cccc(C(=O)O)c3)c12. The Hall–Kier alpha value is -3.43. The maximum atomic E-state index is 13.5. The molecule has 9 heteroatoms. The Morgan fingerprint density at radius 2 is 1.97 bits per heavy atom. The van der Waals surface area contributed by atoms with Crippen LogP contribution in [0.5, 0.6) is 0 Å². The van der Waals surface area contributed by atoms with Gasteiger partial charge in [-0.3, -0.25) is 9.10 Å². The van der Waals surface area contributed by atoms with Gasteiger partial charge in [-0.25, -0.2) is 13.2 Å². The van der Waals surface area contributed by atoms with E-state index in [9.17, 15) is 18.0 Å². The molecule has 3 rings (SSSR count). The zero-order valence-electron chi connectivity index (χ0n) is 17.6. The maximum Gasteiger partial charge on any atom is 0.335 e. The molecule has 0 spiro atoms. The number of fused-ring (bicyclic) bond motifs is 1. The Balaban J connectivity index is 1.92. The monoisotopic (exact) mass is 455 g/mol. The summed E-state index contributed by atoms with van der Waals surface area (Å²) >= 11 is 0. The quantitative estimate of drug-likeness (QED) is 0.454. The van der Waals surface area contributed by atoms with Crippen LogP contribution in [-0.4, -0.2) is 41.9 Å². The van der Waals surface area contributed by atoms with Crippen LogP contribution in [0.15, 0.2) is 70.6 Å². The fraction of sp³-hybridized carbons (Fsp3) is 0.217. The first kappa shape index (κ1) is 23.2. The highest BCUT2D eigenvalue weighted by molar-refractivity contribution is 7.89. The Kier molecular flexibility index (Phi) is 7.12. The molecule has 4 N–H and O–H groups in total. The number of nitrogens with one attached hydrogen (secondary N) is 1. The molecule has 0 amide bonds. The first-order valence-corrected chi connectivity index (χ1v) is 11.5. The van der Waals surface area contributed by atoms with E-state index in [0.29, 0.717) is 29.2 Å². The highest BCUT2D eigenvalue weighted by atomic mass is 32.2. The predicted octanol–water partition coefficient (Wildman–Crippen LogP) is 2.63. The van der Waals surface area contributed by atoms with Gasteiger partial charge in [0.05, 0.1) is 10.5 Å². The summed E-state index contributed by atoms with van der Waals surface area (Å²) in [7, 11) is -3.97. The molecule has 0 atom stereocenters. The van der Waals surface area contributed by atoms with Crippen LogP contribution in [0.2, 0.25) is 0 Å². The van der Waals surface area contributed by atoms with Gasteiger partial charge in [-0.15, -0.1) is 0 Å². The van der Waals surface area contributed by atoms with E-state index in [0.717, 1.165) is 5.56 Å². The van der Waals surface area contributed by atoms with Crippen LogP contribution in [0, 0.1) is 6.92 Å². The molecule has 1 heterocycles. The van der Waals surface area contributed by atoms with Gasteiger partial charge < -0.3 is 15.8 Å². The van der Waals surface area contributed by atoms with Crippen LogP contribution < -0.4 is 11.3 Å². The third-order valence-electron chi connectivity index (χ3n) is 5.10. The Morgan fingerprint density at radius 3 is 2.69 bits per heavy atom. The number of nitrogens with zero attached hydrogens (tertiary/aromatic N) is 1. The van der Waals surface area contributed by atoms with Crippen LogP contribution >= 0.6 is 0 Å². The minimum absolute atomic E-state index is 0.0492. The number of rotatable bonds is 9. The van der Waals surface area contributed by atoms with Gasteiger partial charge in [0.25, 0.3) is 15.6 Å². The molecule has 32 heavy (non-hydrogen) atoms. The second-order valence-electron chi connectivity index (χ2n) is 7.32. The predicted molar refractivity (Wildman–Crippen MR) is 123 cm³/mol. The van der Waals surface area contributed by atoms with Crippen molar-refractivity contribution in [1.82, 2.24) is 9.29 Å². The van der Waals surface area contributed by atoms with Crippen molar-refractivity contribution in [3.05, 3.63) is 88.0 Å². The Bertz CT molecular complexity index is 1330. The molecule has 0 bridgehead atoms. The van der Waals surface area contributed by atoms with Gasteiger partial charge in [-0.05, 0) is 55.2 Å². The number of aromatic carboxylic acids is 1. The minimum atomic E-state index is -3.97. The highest BCUT2D eigenvalue weighted by Gasteiger charge is 2.25. The van der Waals surface area contributed by atoms with E-state index in [1.165, 1.54) is 28.8 Å². The molecule has 0 aliphatic heterocycles. The lowest BCUT2D eigenvalue weighted by Gasteiger charge is -2.22. The summed E-state index contributed by atoms with van der Waals surface area (Å²) in [5.74, 6) is -1.01. The lowest BCUT2D eigenvalue weighted by atomic mass is 10.1. The van der Waals surface area contributed by atoms with Crippen molar-refractivity contribution in [1.29, 1.82) is 0 Å². The fourth-order valence-electron chi connectivity index (χ4n) is 3.54. The van der Waals surface area contributed by atoms with Crippen LogP contribution in [0.4, 0.5) is 0 Å². The molecule has 8 nitrogen and oxygen atoms in total. The molecule has 0 saturated carbocycles. The molecular weight excluding hydrogens is 430 g/mol. The molecule has 0 saturated heterocycles. The minimum Gasteiger partial charge on any atom is -0.478 e. The van der Waals surface area contributed by atoms with Gasteiger partial charge in [-0.1, -0.05) is 24.3 Å². The topological polar surface area (TPSA) is 134 Å². The normalized spacial score (nSPS) is 11.8. The van der Waals surface area contributed by atoms with E-state index >= 15 is 0 Å². The third-order valence-corrected chi connectivity index (χ3v) is 6.92. The first-order chi connectivity index (χ1) is 15.3. The van der Waals surface area contributed by atoms with Crippen molar-refractivity contribution < 1.29 is 18.3 Å². The van der Waals surface area contributed by atoms with Crippen molar-refractivity contribution in [2.75, 3.05) is 13.1 Å². The number of aromatic amines is 1. The second-order valence-corrected chi connectivity index (χ2v) is 9.18. The number of carbonyl (C=O) groups is 1. The van der Waals surface area contributed by atoms with Crippen LogP contribution in [0.1, 0.15) is 27.9 Å². The lowest BCUT2D eigenvalue weighted by molar-refractivity contribution is 0.0696. The van der Waals surface area contributed by atoms with Crippen molar-refractivity contribution in [3.63, 3.8) is 0 Å². The zero-order valence-corrected chi connectivity index (χ0v) is 18.4. The zero-order chi connectivity index (χ0) is 23.3. The summed E-state index contributed by atoms with van der Waals surface area (Å²) in [6, 6.07) is 11.2. The Labute approximate surface area is 186 Å².